The zero-order valence-corrected chi connectivity index (χ0v) is 14.3. The minimum absolute atomic E-state index is 0.0473. The highest BCUT2D eigenvalue weighted by molar-refractivity contribution is 6.31. The van der Waals surface area contributed by atoms with E-state index in [-0.39, 0.29) is 17.8 Å². The molecular weight excluding hydrogens is 333 g/mol. The van der Waals surface area contributed by atoms with Gasteiger partial charge in [-0.05, 0) is 37.1 Å². The number of halogens is 2. The van der Waals surface area contributed by atoms with Gasteiger partial charge in [-0.1, -0.05) is 17.7 Å². The Labute approximate surface area is 146 Å². The molecule has 1 aromatic rings. The Hall–Kier alpha value is -1.21. The lowest BCUT2D eigenvalue weighted by Gasteiger charge is -2.34. The zero-order valence-electron chi connectivity index (χ0n) is 13.6. The number of morpholine rings is 1. The third-order valence-electron chi connectivity index (χ3n) is 4.48. The lowest BCUT2D eigenvalue weighted by Crippen LogP contribution is -2.53. The Morgan fingerprint density at radius 1 is 1.50 bits per heavy atom. The van der Waals surface area contributed by atoms with Crippen LogP contribution in [0.2, 0.25) is 5.02 Å². The van der Waals surface area contributed by atoms with E-state index in [0.29, 0.717) is 24.7 Å². The second kappa shape index (κ2) is 8.25. The zero-order chi connectivity index (χ0) is 16.9. The fourth-order valence-corrected chi connectivity index (χ4v) is 3.46. The average Bonchev–Trinajstić information content (AvgIpc) is 2.58. The molecule has 2 aliphatic heterocycles. The molecule has 2 aliphatic rings. The predicted octanol–water partition coefficient (Wildman–Crippen LogP) is 1.55. The lowest BCUT2D eigenvalue weighted by atomic mass is 10.0. The maximum absolute atomic E-state index is 13.1. The Kier molecular flexibility index (Phi) is 6.05. The molecule has 3 rings (SSSR count). The van der Waals surface area contributed by atoms with E-state index in [9.17, 15) is 9.18 Å². The van der Waals surface area contributed by atoms with Crippen LogP contribution < -0.4 is 10.6 Å². The molecule has 0 radical (unpaired) electrons. The Morgan fingerprint density at radius 2 is 2.38 bits per heavy atom. The first-order valence-electron chi connectivity index (χ1n) is 8.41. The topological polar surface area (TPSA) is 53.6 Å². The monoisotopic (exact) mass is 355 g/mol. The van der Waals surface area contributed by atoms with Crippen LogP contribution in [0, 0.1) is 5.82 Å². The summed E-state index contributed by atoms with van der Waals surface area (Å²) in [6, 6.07) is 4.60. The molecule has 1 amide bonds. The number of rotatable bonds is 4. The highest BCUT2D eigenvalue weighted by Gasteiger charge is 2.27. The van der Waals surface area contributed by atoms with Crippen LogP contribution in [0.25, 0.3) is 0 Å². The number of ether oxygens (including phenoxy) is 1. The van der Waals surface area contributed by atoms with Crippen LogP contribution in [0.5, 0.6) is 0 Å². The number of nitrogens with one attached hydrogen (secondary N) is 2. The van der Waals surface area contributed by atoms with Gasteiger partial charge < -0.3 is 15.4 Å². The van der Waals surface area contributed by atoms with Crippen LogP contribution in [-0.4, -0.2) is 55.7 Å². The van der Waals surface area contributed by atoms with E-state index >= 15 is 0 Å². The molecule has 0 saturated carbocycles. The Morgan fingerprint density at radius 3 is 3.12 bits per heavy atom. The third kappa shape index (κ3) is 4.66. The number of carbonyl (C=O) groups excluding carboxylic acids is 1. The summed E-state index contributed by atoms with van der Waals surface area (Å²) in [7, 11) is 0. The van der Waals surface area contributed by atoms with Crippen molar-refractivity contribution in [1.82, 2.24) is 15.5 Å². The number of benzene rings is 1. The minimum atomic E-state index is -0.402. The van der Waals surface area contributed by atoms with E-state index in [1.54, 1.807) is 6.07 Å². The molecule has 2 unspecified atom stereocenters. The Bertz CT molecular complexity index is 581. The van der Waals surface area contributed by atoms with Crippen molar-refractivity contribution in [2.24, 2.45) is 0 Å². The maximum Gasteiger partial charge on any atom is 0.250 e. The van der Waals surface area contributed by atoms with Crippen LogP contribution in [0.15, 0.2) is 18.2 Å². The van der Waals surface area contributed by atoms with Crippen molar-refractivity contribution in [3.8, 4) is 0 Å². The molecule has 5 nitrogen and oxygen atoms in total. The van der Waals surface area contributed by atoms with Gasteiger partial charge in [0.05, 0.1) is 6.61 Å². The molecule has 0 aromatic heterocycles. The molecule has 2 N–H and O–H groups in total. The summed E-state index contributed by atoms with van der Waals surface area (Å²) in [6.45, 7) is 4.29. The SMILES string of the molecule is O=C(NC1CCCN(Cc2ccc(F)cc2Cl)C1)C1CNCCO1. The molecule has 0 bridgehead atoms. The number of likely N-dealkylation sites (tertiary alicyclic amines) is 1. The van der Waals surface area contributed by atoms with Crippen LogP contribution in [-0.2, 0) is 16.1 Å². The molecule has 24 heavy (non-hydrogen) atoms. The minimum Gasteiger partial charge on any atom is -0.366 e. The summed E-state index contributed by atoms with van der Waals surface area (Å²) < 4.78 is 18.6. The first-order chi connectivity index (χ1) is 11.6. The molecule has 2 heterocycles. The number of amides is 1. The molecule has 7 heteroatoms. The van der Waals surface area contributed by atoms with Crippen molar-refractivity contribution in [1.29, 1.82) is 0 Å². The van der Waals surface area contributed by atoms with Gasteiger partial charge in [-0.25, -0.2) is 4.39 Å². The number of piperidine rings is 1. The second-order valence-electron chi connectivity index (χ2n) is 6.38. The largest absolute Gasteiger partial charge is 0.366 e. The molecule has 1 aromatic carbocycles. The van der Waals surface area contributed by atoms with Crippen molar-refractivity contribution in [2.45, 2.75) is 31.5 Å². The summed E-state index contributed by atoms with van der Waals surface area (Å²) >= 11 is 6.11. The number of nitrogens with zero attached hydrogens (tertiary/aromatic N) is 1. The van der Waals surface area contributed by atoms with E-state index in [0.717, 1.165) is 38.0 Å². The lowest BCUT2D eigenvalue weighted by molar-refractivity contribution is -0.135. The van der Waals surface area contributed by atoms with Crippen molar-refractivity contribution in [3.63, 3.8) is 0 Å². The second-order valence-corrected chi connectivity index (χ2v) is 6.79. The number of hydrogen-bond donors (Lipinski definition) is 2. The average molecular weight is 356 g/mol. The summed E-state index contributed by atoms with van der Waals surface area (Å²) in [6.07, 6.45) is 1.56. The van der Waals surface area contributed by atoms with Gasteiger partial charge in [-0.2, -0.15) is 0 Å². The highest BCUT2D eigenvalue weighted by Crippen LogP contribution is 2.21. The van der Waals surface area contributed by atoms with Crippen LogP contribution in [0.1, 0.15) is 18.4 Å². The van der Waals surface area contributed by atoms with Gasteiger partial charge in [0.2, 0.25) is 0 Å². The van der Waals surface area contributed by atoms with Crippen molar-refractivity contribution >= 4 is 17.5 Å². The van der Waals surface area contributed by atoms with E-state index < -0.39 is 6.10 Å². The molecule has 2 fully saturated rings. The summed E-state index contributed by atoms with van der Waals surface area (Å²) in [5, 5.41) is 6.70. The van der Waals surface area contributed by atoms with Gasteiger partial charge in [0.1, 0.15) is 11.9 Å². The molecule has 2 saturated heterocycles. The highest BCUT2D eigenvalue weighted by atomic mass is 35.5. The van der Waals surface area contributed by atoms with E-state index in [4.69, 9.17) is 16.3 Å². The van der Waals surface area contributed by atoms with E-state index in [2.05, 4.69) is 15.5 Å². The van der Waals surface area contributed by atoms with E-state index in [1.807, 2.05) is 0 Å². The summed E-state index contributed by atoms with van der Waals surface area (Å²) in [4.78, 5) is 14.5. The fraction of sp³-hybridized carbons (Fsp3) is 0.588. The summed E-state index contributed by atoms with van der Waals surface area (Å²) in [5.41, 5.74) is 0.907. The first kappa shape index (κ1) is 17.6. The quantitative estimate of drug-likeness (QED) is 0.860. The third-order valence-corrected chi connectivity index (χ3v) is 4.83. The molecule has 2 atom stereocenters. The predicted molar refractivity (Wildman–Crippen MR) is 90.5 cm³/mol. The van der Waals surface area contributed by atoms with Crippen LogP contribution in [0.4, 0.5) is 4.39 Å². The van der Waals surface area contributed by atoms with Crippen molar-refractivity contribution < 1.29 is 13.9 Å². The maximum atomic E-state index is 13.1. The molecule has 132 valence electrons. The van der Waals surface area contributed by atoms with Crippen LogP contribution >= 0.6 is 11.6 Å². The smallest absolute Gasteiger partial charge is 0.250 e. The summed E-state index contributed by atoms with van der Waals surface area (Å²) in [5.74, 6) is -0.373. The van der Waals surface area contributed by atoms with Gasteiger partial charge in [0.15, 0.2) is 0 Å². The van der Waals surface area contributed by atoms with Crippen molar-refractivity contribution in [3.05, 3.63) is 34.6 Å². The first-order valence-corrected chi connectivity index (χ1v) is 8.78. The van der Waals surface area contributed by atoms with Gasteiger partial charge >= 0.3 is 0 Å². The van der Waals surface area contributed by atoms with Crippen LogP contribution in [0.3, 0.4) is 0 Å². The van der Waals surface area contributed by atoms with Gasteiger partial charge in [-0.3, -0.25) is 9.69 Å². The van der Waals surface area contributed by atoms with Crippen molar-refractivity contribution in [2.75, 3.05) is 32.8 Å². The Balaban J connectivity index is 1.53. The van der Waals surface area contributed by atoms with E-state index in [1.165, 1.54) is 12.1 Å². The standard InChI is InChI=1S/C17H23ClFN3O2/c18-15-8-13(19)4-3-12(15)10-22-6-1-2-14(11-22)21-17(23)16-9-20-5-7-24-16/h3-4,8,14,16,20H,1-2,5-7,9-11H2,(H,21,23). The van der Waals surface area contributed by atoms with Gasteiger partial charge in [0.25, 0.3) is 5.91 Å². The molecular formula is C17H23ClFN3O2. The fourth-order valence-electron chi connectivity index (χ4n) is 3.24. The normalized spacial score (nSPS) is 25.4. The number of carbonyl (C=O) groups is 1. The molecule has 0 spiro atoms. The molecule has 0 aliphatic carbocycles. The van der Waals surface area contributed by atoms with Gasteiger partial charge in [0, 0.05) is 37.2 Å². The number of hydrogen-bond acceptors (Lipinski definition) is 4. The van der Waals surface area contributed by atoms with Gasteiger partial charge in [-0.15, -0.1) is 0 Å².